The highest BCUT2D eigenvalue weighted by Crippen LogP contribution is 2.18. The molecule has 1 N–H and O–H groups in total. The predicted octanol–water partition coefficient (Wildman–Crippen LogP) is 3.70. The molecule has 1 amide bonds. The summed E-state index contributed by atoms with van der Waals surface area (Å²) in [5.41, 5.74) is 0.994. The van der Waals surface area contributed by atoms with Crippen LogP contribution in [0.25, 0.3) is 0 Å². The topological polar surface area (TPSA) is 42.0 Å². The average molecular weight is 307 g/mol. The molecule has 1 aromatic heterocycles. The number of nitrogens with zero attached hydrogens (tertiary/aromatic N) is 1. The zero-order valence-electron chi connectivity index (χ0n) is 11.0. The predicted molar refractivity (Wildman–Crippen MR) is 83.0 cm³/mol. The van der Waals surface area contributed by atoms with E-state index in [2.05, 4.69) is 10.3 Å². The fourth-order valence-corrected chi connectivity index (χ4v) is 2.59. The molecule has 5 heteroatoms. The third-order valence-corrected chi connectivity index (χ3v) is 3.89. The zero-order valence-corrected chi connectivity index (χ0v) is 12.6. The number of carbonyl (C=O) groups excluding carboxylic acids is 1. The van der Waals surface area contributed by atoms with Gasteiger partial charge < -0.3 is 5.32 Å². The number of benzene rings is 1. The van der Waals surface area contributed by atoms with Crippen LogP contribution in [0.4, 0.5) is 0 Å². The van der Waals surface area contributed by atoms with Gasteiger partial charge in [-0.1, -0.05) is 41.6 Å². The molecule has 1 atom stereocenters. The number of amides is 1. The third-order valence-electron chi connectivity index (χ3n) is 2.72. The van der Waals surface area contributed by atoms with Gasteiger partial charge in [0.2, 0.25) is 5.91 Å². The average Bonchev–Trinajstić information content (AvgIpc) is 2.46. The molecule has 2 aromatic rings. The fourth-order valence-electron chi connectivity index (χ4n) is 1.71. The van der Waals surface area contributed by atoms with Crippen molar-refractivity contribution in [2.24, 2.45) is 0 Å². The second-order valence-electron chi connectivity index (χ2n) is 4.30. The smallest absolute Gasteiger partial charge is 0.230 e. The molecule has 0 saturated carbocycles. The van der Waals surface area contributed by atoms with Gasteiger partial charge in [0.25, 0.3) is 0 Å². The Morgan fingerprint density at radius 1 is 1.35 bits per heavy atom. The van der Waals surface area contributed by atoms with Crippen LogP contribution in [0.5, 0.6) is 0 Å². The van der Waals surface area contributed by atoms with Gasteiger partial charge >= 0.3 is 0 Å². The lowest BCUT2D eigenvalue weighted by Crippen LogP contribution is -2.28. The first-order chi connectivity index (χ1) is 9.65. The van der Waals surface area contributed by atoms with Crippen molar-refractivity contribution in [3.63, 3.8) is 0 Å². The first kappa shape index (κ1) is 14.9. The number of aromatic nitrogens is 1. The van der Waals surface area contributed by atoms with E-state index < -0.39 is 0 Å². The summed E-state index contributed by atoms with van der Waals surface area (Å²) >= 11 is 7.36. The van der Waals surface area contributed by atoms with Gasteiger partial charge in [-0.25, -0.2) is 4.98 Å². The van der Waals surface area contributed by atoms with Crippen LogP contribution in [0.2, 0.25) is 5.02 Å². The van der Waals surface area contributed by atoms with Gasteiger partial charge in [0.15, 0.2) is 0 Å². The van der Waals surface area contributed by atoms with E-state index in [1.807, 2.05) is 49.4 Å². The highest BCUT2D eigenvalue weighted by molar-refractivity contribution is 7.99. The summed E-state index contributed by atoms with van der Waals surface area (Å²) < 4.78 is 0. The molecule has 0 radical (unpaired) electrons. The monoisotopic (exact) mass is 306 g/mol. The molecule has 0 fully saturated rings. The van der Waals surface area contributed by atoms with Crippen LogP contribution in [-0.4, -0.2) is 16.6 Å². The summed E-state index contributed by atoms with van der Waals surface area (Å²) in [5.74, 6) is 0.329. The summed E-state index contributed by atoms with van der Waals surface area (Å²) in [7, 11) is 0. The van der Waals surface area contributed by atoms with Crippen LogP contribution in [-0.2, 0) is 4.79 Å². The highest BCUT2D eigenvalue weighted by atomic mass is 35.5. The van der Waals surface area contributed by atoms with Crippen molar-refractivity contribution in [1.82, 2.24) is 10.3 Å². The first-order valence-electron chi connectivity index (χ1n) is 6.24. The Bertz CT molecular complexity index is 577. The number of hydrogen-bond acceptors (Lipinski definition) is 3. The Hall–Kier alpha value is -1.52. The van der Waals surface area contributed by atoms with Crippen LogP contribution in [0.15, 0.2) is 53.7 Å². The number of hydrogen-bond donors (Lipinski definition) is 1. The van der Waals surface area contributed by atoms with E-state index in [0.717, 1.165) is 10.6 Å². The normalized spacial score (nSPS) is 11.9. The van der Waals surface area contributed by atoms with Gasteiger partial charge in [-0.2, -0.15) is 0 Å². The maximum atomic E-state index is 11.9. The lowest BCUT2D eigenvalue weighted by atomic mass is 10.1. The molecule has 1 aromatic carbocycles. The number of pyridine rings is 1. The Balaban J connectivity index is 1.85. The van der Waals surface area contributed by atoms with Crippen LogP contribution < -0.4 is 5.32 Å². The molecule has 1 heterocycles. The molecule has 0 aliphatic heterocycles. The molecule has 2 rings (SSSR count). The lowest BCUT2D eigenvalue weighted by molar-refractivity contribution is -0.119. The standard InChI is InChI=1S/C15H15ClN2OS/c1-11(12-5-4-6-13(16)9-12)18-14(19)10-20-15-7-2-3-8-17-15/h2-9,11H,10H2,1H3,(H,18,19). The van der Waals surface area contributed by atoms with Crippen molar-refractivity contribution in [1.29, 1.82) is 0 Å². The van der Waals surface area contributed by atoms with E-state index in [1.165, 1.54) is 11.8 Å². The number of carbonyl (C=O) groups is 1. The molecule has 3 nitrogen and oxygen atoms in total. The summed E-state index contributed by atoms with van der Waals surface area (Å²) in [6.07, 6.45) is 1.72. The van der Waals surface area contributed by atoms with E-state index in [0.29, 0.717) is 10.8 Å². The molecular formula is C15H15ClN2OS. The maximum absolute atomic E-state index is 11.9. The first-order valence-corrected chi connectivity index (χ1v) is 7.60. The third kappa shape index (κ3) is 4.54. The van der Waals surface area contributed by atoms with E-state index in [-0.39, 0.29) is 11.9 Å². The molecule has 0 bridgehead atoms. The molecule has 104 valence electrons. The van der Waals surface area contributed by atoms with Crippen molar-refractivity contribution in [3.8, 4) is 0 Å². The number of thioether (sulfide) groups is 1. The molecule has 0 spiro atoms. The molecule has 1 unspecified atom stereocenters. The molecule has 20 heavy (non-hydrogen) atoms. The Kier molecular flexibility index (Phi) is 5.44. The van der Waals surface area contributed by atoms with Crippen molar-refractivity contribution in [2.45, 2.75) is 18.0 Å². The maximum Gasteiger partial charge on any atom is 0.230 e. The fraction of sp³-hybridized carbons (Fsp3) is 0.200. The van der Waals surface area contributed by atoms with Crippen LogP contribution in [0.3, 0.4) is 0 Å². The lowest BCUT2D eigenvalue weighted by Gasteiger charge is -2.14. The van der Waals surface area contributed by atoms with Crippen LogP contribution in [0.1, 0.15) is 18.5 Å². The van der Waals surface area contributed by atoms with Gasteiger partial charge in [0.1, 0.15) is 0 Å². The quantitative estimate of drug-likeness (QED) is 0.856. The second kappa shape index (κ2) is 7.31. The van der Waals surface area contributed by atoms with Gasteiger partial charge in [-0.3, -0.25) is 4.79 Å². The van der Waals surface area contributed by atoms with E-state index >= 15 is 0 Å². The zero-order chi connectivity index (χ0) is 14.4. The second-order valence-corrected chi connectivity index (χ2v) is 5.73. The largest absolute Gasteiger partial charge is 0.349 e. The minimum Gasteiger partial charge on any atom is -0.349 e. The summed E-state index contributed by atoms with van der Waals surface area (Å²) in [6, 6.07) is 13.1. The van der Waals surface area contributed by atoms with Crippen molar-refractivity contribution < 1.29 is 4.79 Å². The Morgan fingerprint density at radius 2 is 2.20 bits per heavy atom. The molecule has 0 saturated heterocycles. The van der Waals surface area contributed by atoms with E-state index in [4.69, 9.17) is 11.6 Å². The molecular weight excluding hydrogens is 292 g/mol. The van der Waals surface area contributed by atoms with Crippen molar-refractivity contribution in [2.75, 3.05) is 5.75 Å². The van der Waals surface area contributed by atoms with Crippen LogP contribution in [0, 0.1) is 0 Å². The summed E-state index contributed by atoms with van der Waals surface area (Å²) in [4.78, 5) is 16.1. The van der Waals surface area contributed by atoms with E-state index in [1.54, 1.807) is 6.20 Å². The Labute approximate surface area is 127 Å². The minimum atomic E-state index is -0.0643. The molecule has 0 aliphatic carbocycles. The van der Waals surface area contributed by atoms with E-state index in [9.17, 15) is 4.79 Å². The number of nitrogens with one attached hydrogen (secondary N) is 1. The number of rotatable bonds is 5. The van der Waals surface area contributed by atoms with Gasteiger partial charge in [-0.15, -0.1) is 0 Å². The summed E-state index contributed by atoms with van der Waals surface area (Å²) in [5, 5.41) is 4.47. The minimum absolute atomic E-state index is 0.0203. The van der Waals surface area contributed by atoms with Crippen LogP contribution >= 0.6 is 23.4 Å². The summed E-state index contributed by atoms with van der Waals surface area (Å²) in [6.45, 7) is 1.94. The van der Waals surface area contributed by atoms with Gasteiger partial charge in [0.05, 0.1) is 16.8 Å². The Morgan fingerprint density at radius 3 is 2.90 bits per heavy atom. The number of halogens is 1. The van der Waals surface area contributed by atoms with Gasteiger partial charge in [0, 0.05) is 11.2 Å². The SMILES string of the molecule is CC(NC(=O)CSc1ccccn1)c1cccc(Cl)c1. The van der Waals surface area contributed by atoms with Crippen molar-refractivity contribution in [3.05, 3.63) is 59.2 Å². The highest BCUT2D eigenvalue weighted by Gasteiger charge is 2.10. The molecule has 0 aliphatic rings. The van der Waals surface area contributed by atoms with Gasteiger partial charge in [-0.05, 0) is 36.8 Å². The van der Waals surface area contributed by atoms with Crippen molar-refractivity contribution >= 4 is 29.3 Å².